The lowest BCUT2D eigenvalue weighted by Gasteiger charge is -2.19. The molecule has 1 atom stereocenters. The summed E-state index contributed by atoms with van der Waals surface area (Å²) in [5.41, 5.74) is 4.13. The van der Waals surface area contributed by atoms with E-state index in [4.69, 9.17) is 0 Å². The number of rotatable bonds is 5. The Bertz CT molecular complexity index is 893. The molecule has 3 aliphatic rings. The van der Waals surface area contributed by atoms with Crippen LogP contribution in [0.1, 0.15) is 18.4 Å². The largest absolute Gasteiger partial charge is 0.334 e. The first-order chi connectivity index (χ1) is 12.2. The normalized spacial score (nSPS) is 22.0. The maximum absolute atomic E-state index is 4.58. The number of hydrogen-bond donors (Lipinski definition) is 2. The van der Waals surface area contributed by atoms with Crippen LogP contribution in [-0.4, -0.2) is 21.3 Å². The van der Waals surface area contributed by atoms with Crippen LogP contribution in [0.2, 0.25) is 0 Å². The van der Waals surface area contributed by atoms with Crippen LogP contribution in [0.5, 0.6) is 0 Å². The predicted octanol–water partition coefficient (Wildman–Crippen LogP) is 3.65. The van der Waals surface area contributed by atoms with Crippen molar-refractivity contribution in [3.8, 4) is 0 Å². The number of fused-ring (bicyclic) bond motifs is 1. The highest BCUT2D eigenvalue weighted by Gasteiger charge is 2.30. The van der Waals surface area contributed by atoms with E-state index in [1.807, 2.05) is 30.7 Å². The van der Waals surface area contributed by atoms with E-state index < -0.39 is 0 Å². The van der Waals surface area contributed by atoms with Gasteiger partial charge in [0.25, 0.3) is 0 Å². The van der Waals surface area contributed by atoms with Crippen LogP contribution in [0.4, 0.5) is 0 Å². The van der Waals surface area contributed by atoms with Crippen molar-refractivity contribution in [3.63, 3.8) is 0 Å². The van der Waals surface area contributed by atoms with Crippen LogP contribution in [0.3, 0.4) is 0 Å². The molecule has 1 fully saturated rings. The number of hydrogen-bond acceptors (Lipinski definition) is 5. The fourth-order valence-corrected chi connectivity index (χ4v) is 3.23. The molecule has 1 unspecified atom stereocenters. The molecule has 5 nitrogen and oxygen atoms in total. The molecule has 1 aromatic rings. The number of aliphatic imine (C=N–C) groups is 2. The summed E-state index contributed by atoms with van der Waals surface area (Å²) < 4.78 is 1.69. The SMILES string of the molecule is C=Cn1cc(C2=CN=C3C(N/C(S)=C/C(=C)C4CC4)=NC=CC23)cn1. The third-order valence-corrected chi connectivity index (χ3v) is 4.73. The van der Waals surface area contributed by atoms with Crippen molar-refractivity contribution in [1.29, 1.82) is 0 Å². The number of nitrogens with one attached hydrogen (secondary N) is 1. The highest BCUT2D eigenvalue weighted by Crippen LogP contribution is 2.36. The van der Waals surface area contributed by atoms with Crippen molar-refractivity contribution >= 4 is 35.9 Å². The van der Waals surface area contributed by atoms with Crippen LogP contribution in [0.15, 0.2) is 70.7 Å². The summed E-state index contributed by atoms with van der Waals surface area (Å²) in [6.45, 7) is 7.83. The minimum Gasteiger partial charge on any atom is -0.334 e. The first kappa shape index (κ1) is 15.9. The van der Waals surface area contributed by atoms with Gasteiger partial charge in [-0.25, -0.2) is 9.67 Å². The number of thiol groups is 1. The Morgan fingerprint density at radius 1 is 1.36 bits per heavy atom. The van der Waals surface area contributed by atoms with Crippen LogP contribution in [-0.2, 0) is 0 Å². The van der Waals surface area contributed by atoms with Crippen molar-refractivity contribution in [2.75, 3.05) is 0 Å². The molecule has 0 bridgehead atoms. The van der Waals surface area contributed by atoms with Crippen molar-refractivity contribution < 1.29 is 0 Å². The van der Waals surface area contributed by atoms with Gasteiger partial charge in [0.2, 0.25) is 0 Å². The average Bonchev–Trinajstić information content (AvgIpc) is 3.19. The van der Waals surface area contributed by atoms with Gasteiger partial charge in [-0.05, 0) is 36.0 Å². The number of aromatic nitrogens is 2. The third-order valence-electron chi connectivity index (χ3n) is 4.49. The molecule has 25 heavy (non-hydrogen) atoms. The molecule has 1 aromatic heterocycles. The Balaban J connectivity index is 1.50. The van der Waals surface area contributed by atoms with Gasteiger partial charge in [-0.15, -0.1) is 12.6 Å². The molecule has 1 saturated carbocycles. The van der Waals surface area contributed by atoms with Crippen molar-refractivity contribution in [2.45, 2.75) is 12.8 Å². The minimum atomic E-state index is 0.0650. The van der Waals surface area contributed by atoms with E-state index in [1.165, 1.54) is 12.8 Å². The molecule has 2 aliphatic heterocycles. The average molecular weight is 349 g/mol. The van der Waals surface area contributed by atoms with Gasteiger partial charge in [0, 0.05) is 30.4 Å². The highest BCUT2D eigenvalue weighted by molar-refractivity contribution is 7.84. The van der Waals surface area contributed by atoms with Gasteiger partial charge in [0.1, 0.15) is 0 Å². The standard InChI is InChI=1S/C19H19N5S/c1-3-24-11-14(9-22-24)16-10-21-18-15(16)6-7-20-19(18)23-17(25)8-12(2)13-4-5-13/h3,6-11,13,15,25H,1-2,4-5H2,(H,20,23)/b17-8-. The minimum absolute atomic E-state index is 0.0650. The predicted molar refractivity (Wildman–Crippen MR) is 106 cm³/mol. The summed E-state index contributed by atoms with van der Waals surface area (Å²) in [5.74, 6) is 1.40. The lowest BCUT2D eigenvalue weighted by molar-refractivity contribution is 0.937. The quantitative estimate of drug-likeness (QED) is 0.630. The van der Waals surface area contributed by atoms with Crippen LogP contribution in [0, 0.1) is 11.8 Å². The van der Waals surface area contributed by atoms with Gasteiger partial charge >= 0.3 is 0 Å². The molecule has 0 spiro atoms. The van der Waals surface area contributed by atoms with E-state index in [9.17, 15) is 0 Å². The number of nitrogens with zero attached hydrogens (tertiary/aromatic N) is 4. The van der Waals surface area contributed by atoms with E-state index in [1.54, 1.807) is 17.1 Å². The Hall–Kier alpha value is -2.60. The summed E-state index contributed by atoms with van der Waals surface area (Å²) in [4.78, 5) is 9.01. The maximum Gasteiger partial charge on any atom is 0.153 e. The molecular formula is C19H19N5S. The Kier molecular flexibility index (Phi) is 4.05. The first-order valence-corrected chi connectivity index (χ1v) is 8.66. The fraction of sp³-hybridized carbons (Fsp3) is 0.211. The molecule has 0 radical (unpaired) electrons. The number of allylic oxidation sites excluding steroid dienone is 4. The third kappa shape index (κ3) is 3.17. The summed E-state index contributed by atoms with van der Waals surface area (Å²) in [6.07, 6.45) is 15.6. The monoisotopic (exact) mass is 349 g/mol. The fourth-order valence-electron chi connectivity index (χ4n) is 2.96. The Labute approximate surface area is 152 Å². The Morgan fingerprint density at radius 3 is 2.92 bits per heavy atom. The van der Waals surface area contributed by atoms with Crippen molar-refractivity contribution in [1.82, 2.24) is 15.1 Å². The zero-order valence-electron chi connectivity index (χ0n) is 13.8. The molecule has 126 valence electrons. The molecule has 4 rings (SSSR count). The molecule has 0 saturated heterocycles. The smallest absolute Gasteiger partial charge is 0.153 e. The van der Waals surface area contributed by atoms with Crippen LogP contribution < -0.4 is 5.32 Å². The van der Waals surface area contributed by atoms with Gasteiger partial charge in [0.15, 0.2) is 5.84 Å². The summed E-state index contributed by atoms with van der Waals surface area (Å²) in [7, 11) is 0. The highest BCUT2D eigenvalue weighted by atomic mass is 32.1. The maximum atomic E-state index is 4.58. The van der Waals surface area contributed by atoms with Crippen LogP contribution >= 0.6 is 12.6 Å². The molecule has 1 N–H and O–H groups in total. The van der Waals surface area contributed by atoms with E-state index >= 15 is 0 Å². The molecule has 3 heterocycles. The Morgan fingerprint density at radius 2 is 2.20 bits per heavy atom. The zero-order chi connectivity index (χ0) is 17.4. The van der Waals surface area contributed by atoms with Gasteiger partial charge in [-0.3, -0.25) is 4.99 Å². The molecule has 0 aromatic carbocycles. The second-order valence-electron chi connectivity index (χ2n) is 6.29. The van der Waals surface area contributed by atoms with E-state index in [0.717, 1.165) is 33.3 Å². The second-order valence-corrected chi connectivity index (χ2v) is 6.77. The second kappa shape index (κ2) is 6.37. The summed E-state index contributed by atoms with van der Waals surface area (Å²) in [6, 6.07) is 0. The van der Waals surface area contributed by atoms with Crippen molar-refractivity contribution in [2.24, 2.45) is 21.8 Å². The van der Waals surface area contributed by atoms with E-state index in [-0.39, 0.29) is 5.92 Å². The van der Waals surface area contributed by atoms with Crippen LogP contribution in [0.25, 0.3) is 11.8 Å². The lowest BCUT2D eigenvalue weighted by Crippen LogP contribution is -2.34. The van der Waals surface area contributed by atoms with E-state index in [0.29, 0.717) is 5.92 Å². The van der Waals surface area contributed by atoms with E-state index in [2.05, 4.69) is 46.2 Å². The summed E-state index contributed by atoms with van der Waals surface area (Å²) >= 11 is 4.53. The lowest BCUT2D eigenvalue weighted by atomic mass is 9.91. The van der Waals surface area contributed by atoms with Gasteiger partial charge < -0.3 is 5.32 Å². The topological polar surface area (TPSA) is 54.6 Å². The van der Waals surface area contributed by atoms with Gasteiger partial charge in [0.05, 0.1) is 22.9 Å². The van der Waals surface area contributed by atoms with Gasteiger partial charge in [-0.1, -0.05) is 19.2 Å². The summed E-state index contributed by atoms with van der Waals surface area (Å²) in [5, 5.41) is 8.24. The first-order valence-electron chi connectivity index (χ1n) is 8.22. The zero-order valence-corrected chi connectivity index (χ0v) is 14.7. The molecular weight excluding hydrogens is 330 g/mol. The molecule has 1 aliphatic carbocycles. The molecule has 0 amide bonds. The van der Waals surface area contributed by atoms with Crippen molar-refractivity contribution in [3.05, 3.63) is 66.3 Å². The number of amidine groups is 1. The molecule has 6 heteroatoms. The van der Waals surface area contributed by atoms with Gasteiger partial charge in [-0.2, -0.15) is 5.10 Å².